The van der Waals surface area contributed by atoms with Gasteiger partial charge in [-0.1, -0.05) is 0 Å². The number of nitrogens with two attached hydrogens (primary N) is 1. The maximum atomic E-state index is 11.2. The Bertz CT molecular complexity index is 299. The zero-order valence-corrected chi connectivity index (χ0v) is 7.49. The lowest BCUT2D eigenvalue weighted by Crippen LogP contribution is -2.08. The molecule has 0 amide bonds. The van der Waals surface area contributed by atoms with E-state index in [4.69, 9.17) is 10.5 Å². The Morgan fingerprint density at radius 3 is 3.08 bits per heavy atom. The van der Waals surface area contributed by atoms with Crippen LogP contribution in [0.5, 0.6) is 0 Å². The first-order chi connectivity index (χ1) is 6.27. The Kier molecular flexibility index (Phi) is 3.40. The van der Waals surface area contributed by atoms with Gasteiger partial charge in [-0.15, -0.1) is 0 Å². The van der Waals surface area contributed by atoms with Gasteiger partial charge in [-0.25, -0.2) is 9.78 Å². The van der Waals surface area contributed by atoms with Crippen LogP contribution in [0.25, 0.3) is 0 Å². The van der Waals surface area contributed by atoms with Crippen LogP contribution in [0.4, 0.5) is 0 Å². The summed E-state index contributed by atoms with van der Waals surface area (Å²) in [6.07, 6.45) is 1.55. The molecular formula is C9H12N2O2. The number of aromatic nitrogens is 1. The molecule has 0 aliphatic carbocycles. The number of carbonyl (C=O) groups excluding carboxylic acids is 1. The van der Waals surface area contributed by atoms with Crippen molar-refractivity contribution >= 4 is 5.97 Å². The molecule has 0 unspecified atom stereocenters. The topological polar surface area (TPSA) is 65.2 Å². The molecule has 4 nitrogen and oxygen atoms in total. The Morgan fingerprint density at radius 1 is 1.69 bits per heavy atom. The van der Waals surface area contributed by atoms with Crippen LogP contribution >= 0.6 is 0 Å². The fourth-order valence-electron chi connectivity index (χ4n) is 0.918. The molecule has 0 atom stereocenters. The molecule has 4 heteroatoms. The van der Waals surface area contributed by atoms with Crippen LogP contribution in [-0.4, -0.2) is 17.6 Å². The highest BCUT2D eigenvalue weighted by molar-refractivity contribution is 5.87. The second-order valence-electron chi connectivity index (χ2n) is 2.47. The van der Waals surface area contributed by atoms with Crippen molar-refractivity contribution in [1.82, 2.24) is 4.98 Å². The summed E-state index contributed by atoms with van der Waals surface area (Å²) >= 11 is 0. The lowest BCUT2D eigenvalue weighted by Gasteiger charge is -2.01. The van der Waals surface area contributed by atoms with Gasteiger partial charge in [0.25, 0.3) is 0 Å². The molecule has 0 radical (unpaired) electrons. The minimum atomic E-state index is -0.405. The number of pyridine rings is 1. The first-order valence-corrected chi connectivity index (χ1v) is 4.10. The van der Waals surface area contributed by atoms with Gasteiger partial charge in [-0.3, -0.25) is 0 Å². The molecule has 0 saturated carbocycles. The predicted octanol–water partition coefficient (Wildman–Crippen LogP) is 0.717. The first kappa shape index (κ1) is 9.67. The van der Waals surface area contributed by atoms with Crippen molar-refractivity contribution in [2.45, 2.75) is 13.5 Å². The fraction of sp³-hybridized carbons (Fsp3) is 0.333. The third-order valence-corrected chi connectivity index (χ3v) is 1.54. The number of ether oxygens (including phenoxy) is 1. The average molecular weight is 180 g/mol. The molecule has 0 aliphatic rings. The lowest BCUT2D eigenvalue weighted by atomic mass is 10.2. The second kappa shape index (κ2) is 4.57. The summed E-state index contributed by atoms with van der Waals surface area (Å²) in [4.78, 5) is 15.1. The predicted molar refractivity (Wildman–Crippen MR) is 48.1 cm³/mol. The number of rotatable bonds is 3. The zero-order valence-electron chi connectivity index (χ0n) is 7.49. The molecule has 70 valence electrons. The molecule has 0 bridgehead atoms. The van der Waals surface area contributed by atoms with Gasteiger partial charge in [0.05, 0.1) is 6.61 Å². The SMILES string of the molecule is CCOC(=O)c1cc(CN)ccn1. The highest BCUT2D eigenvalue weighted by Crippen LogP contribution is 2.02. The van der Waals surface area contributed by atoms with E-state index in [1.54, 1.807) is 25.3 Å². The third-order valence-electron chi connectivity index (χ3n) is 1.54. The van der Waals surface area contributed by atoms with Crippen LogP contribution < -0.4 is 5.73 Å². The minimum absolute atomic E-state index is 0.310. The fourth-order valence-corrected chi connectivity index (χ4v) is 0.918. The van der Waals surface area contributed by atoms with Crippen LogP contribution in [0.3, 0.4) is 0 Å². The number of hydrogen-bond acceptors (Lipinski definition) is 4. The van der Waals surface area contributed by atoms with Gasteiger partial charge in [0.15, 0.2) is 0 Å². The van der Waals surface area contributed by atoms with Gasteiger partial charge in [0.2, 0.25) is 0 Å². The van der Waals surface area contributed by atoms with E-state index < -0.39 is 5.97 Å². The molecule has 0 aliphatic heterocycles. The average Bonchev–Trinajstić information content (AvgIpc) is 2.18. The Balaban J connectivity index is 2.82. The molecule has 13 heavy (non-hydrogen) atoms. The van der Waals surface area contributed by atoms with Crippen molar-refractivity contribution in [1.29, 1.82) is 0 Å². The number of carbonyl (C=O) groups is 1. The molecule has 0 fully saturated rings. The Hall–Kier alpha value is -1.42. The van der Waals surface area contributed by atoms with E-state index >= 15 is 0 Å². The highest BCUT2D eigenvalue weighted by Gasteiger charge is 2.07. The van der Waals surface area contributed by atoms with Crippen LogP contribution in [0.15, 0.2) is 18.3 Å². The molecular weight excluding hydrogens is 168 g/mol. The molecule has 0 aromatic carbocycles. The third kappa shape index (κ3) is 2.52. The van der Waals surface area contributed by atoms with Crippen LogP contribution in [0.2, 0.25) is 0 Å². The van der Waals surface area contributed by atoms with E-state index in [0.29, 0.717) is 18.8 Å². The number of esters is 1. The normalized spacial score (nSPS) is 9.69. The standard InChI is InChI=1S/C9H12N2O2/c1-2-13-9(12)8-5-7(6-10)3-4-11-8/h3-5H,2,6,10H2,1H3. The van der Waals surface area contributed by atoms with Gasteiger partial charge in [-0.05, 0) is 24.6 Å². The van der Waals surface area contributed by atoms with Crippen molar-refractivity contribution in [2.24, 2.45) is 5.73 Å². The summed E-state index contributed by atoms with van der Waals surface area (Å²) < 4.78 is 4.79. The van der Waals surface area contributed by atoms with Crippen molar-refractivity contribution in [3.63, 3.8) is 0 Å². The van der Waals surface area contributed by atoms with Gasteiger partial charge < -0.3 is 10.5 Å². The second-order valence-corrected chi connectivity index (χ2v) is 2.47. The summed E-state index contributed by atoms with van der Waals surface area (Å²) in [7, 11) is 0. The Morgan fingerprint density at radius 2 is 2.46 bits per heavy atom. The Labute approximate surface area is 76.7 Å². The maximum Gasteiger partial charge on any atom is 0.356 e. The molecule has 1 heterocycles. The van der Waals surface area contributed by atoms with Gasteiger partial charge in [0.1, 0.15) is 5.69 Å². The molecule has 1 aromatic rings. The van der Waals surface area contributed by atoms with E-state index in [1.807, 2.05) is 0 Å². The van der Waals surface area contributed by atoms with E-state index in [9.17, 15) is 4.79 Å². The molecule has 0 saturated heterocycles. The van der Waals surface area contributed by atoms with E-state index in [0.717, 1.165) is 5.56 Å². The maximum absolute atomic E-state index is 11.2. The van der Waals surface area contributed by atoms with Crippen LogP contribution in [-0.2, 0) is 11.3 Å². The van der Waals surface area contributed by atoms with Crippen LogP contribution in [0, 0.1) is 0 Å². The number of hydrogen-bond donors (Lipinski definition) is 1. The van der Waals surface area contributed by atoms with Crippen molar-refractivity contribution < 1.29 is 9.53 Å². The summed E-state index contributed by atoms with van der Waals surface area (Å²) in [6, 6.07) is 3.40. The highest BCUT2D eigenvalue weighted by atomic mass is 16.5. The van der Waals surface area contributed by atoms with E-state index in [1.165, 1.54) is 0 Å². The van der Waals surface area contributed by atoms with Gasteiger partial charge in [0, 0.05) is 12.7 Å². The van der Waals surface area contributed by atoms with E-state index in [-0.39, 0.29) is 0 Å². The van der Waals surface area contributed by atoms with Crippen molar-refractivity contribution in [3.05, 3.63) is 29.6 Å². The van der Waals surface area contributed by atoms with Crippen molar-refractivity contribution in [2.75, 3.05) is 6.61 Å². The van der Waals surface area contributed by atoms with Gasteiger partial charge >= 0.3 is 5.97 Å². The number of nitrogens with zero attached hydrogens (tertiary/aromatic N) is 1. The summed E-state index contributed by atoms with van der Waals surface area (Å²) in [6.45, 7) is 2.51. The smallest absolute Gasteiger partial charge is 0.356 e. The quantitative estimate of drug-likeness (QED) is 0.696. The summed E-state index contributed by atoms with van der Waals surface area (Å²) in [5, 5.41) is 0. The summed E-state index contributed by atoms with van der Waals surface area (Å²) in [5.41, 5.74) is 6.60. The van der Waals surface area contributed by atoms with Crippen LogP contribution in [0.1, 0.15) is 23.0 Å². The zero-order chi connectivity index (χ0) is 9.68. The minimum Gasteiger partial charge on any atom is -0.461 e. The molecule has 0 spiro atoms. The first-order valence-electron chi connectivity index (χ1n) is 4.10. The molecule has 1 rings (SSSR count). The lowest BCUT2D eigenvalue weighted by molar-refractivity contribution is 0.0519. The van der Waals surface area contributed by atoms with Gasteiger partial charge in [-0.2, -0.15) is 0 Å². The molecule has 2 N–H and O–H groups in total. The largest absolute Gasteiger partial charge is 0.461 e. The monoisotopic (exact) mass is 180 g/mol. The van der Waals surface area contributed by atoms with Crippen molar-refractivity contribution in [3.8, 4) is 0 Å². The van der Waals surface area contributed by atoms with E-state index in [2.05, 4.69) is 4.98 Å². The molecule has 1 aromatic heterocycles. The summed E-state index contributed by atoms with van der Waals surface area (Å²) in [5.74, 6) is -0.405.